The van der Waals surface area contributed by atoms with Crippen molar-refractivity contribution < 1.29 is 5.11 Å². The standard InChI is InChI=1S/C17H23N3O2S/c1-3-13-5-6-15(23-13)14-10-19(4-2)17(22)16(18-14)20-8-7-12(9-20)11-21/h5-6,10,12,21H,3-4,7-9,11H2,1-2H3/t12-/m1/s1. The van der Waals surface area contributed by atoms with Crippen LogP contribution in [0.1, 0.15) is 25.1 Å². The molecule has 0 amide bonds. The smallest absolute Gasteiger partial charge is 0.293 e. The molecular weight excluding hydrogens is 310 g/mol. The molecule has 2 aromatic rings. The number of anilines is 1. The van der Waals surface area contributed by atoms with Crippen molar-refractivity contribution >= 4 is 17.2 Å². The van der Waals surface area contributed by atoms with Gasteiger partial charge in [0.25, 0.3) is 5.56 Å². The monoisotopic (exact) mass is 333 g/mol. The molecule has 3 heterocycles. The van der Waals surface area contributed by atoms with Crippen molar-refractivity contribution in [2.45, 2.75) is 33.2 Å². The van der Waals surface area contributed by atoms with E-state index in [1.165, 1.54) is 4.88 Å². The molecule has 23 heavy (non-hydrogen) atoms. The minimum absolute atomic E-state index is 0.0397. The van der Waals surface area contributed by atoms with E-state index in [-0.39, 0.29) is 18.1 Å². The average Bonchev–Trinajstić information content (AvgIpc) is 3.24. The van der Waals surface area contributed by atoms with Crippen LogP contribution in [0.3, 0.4) is 0 Å². The van der Waals surface area contributed by atoms with Crippen LogP contribution in [-0.4, -0.2) is 34.4 Å². The SMILES string of the molecule is CCc1ccc(-c2cn(CC)c(=O)c(N3CC[C@@H](CO)C3)n2)s1. The first-order chi connectivity index (χ1) is 11.2. The summed E-state index contributed by atoms with van der Waals surface area (Å²) in [6.45, 7) is 6.40. The fourth-order valence-corrected chi connectivity index (χ4v) is 3.87. The molecule has 1 aliphatic heterocycles. The third kappa shape index (κ3) is 3.19. The lowest BCUT2D eigenvalue weighted by Gasteiger charge is -2.18. The van der Waals surface area contributed by atoms with Crippen LogP contribution in [0.5, 0.6) is 0 Å². The fourth-order valence-electron chi connectivity index (χ4n) is 2.96. The molecule has 0 aromatic carbocycles. The number of thiophene rings is 1. The summed E-state index contributed by atoms with van der Waals surface area (Å²) >= 11 is 1.73. The van der Waals surface area contributed by atoms with Gasteiger partial charge in [-0.1, -0.05) is 6.92 Å². The molecule has 5 nitrogen and oxygen atoms in total. The summed E-state index contributed by atoms with van der Waals surface area (Å²) in [5.41, 5.74) is 0.820. The molecule has 0 bridgehead atoms. The van der Waals surface area contributed by atoms with Crippen LogP contribution in [-0.2, 0) is 13.0 Å². The topological polar surface area (TPSA) is 58.4 Å². The Morgan fingerprint density at radius 1 is 1.39 bits per heavy atom. The van der Waals surface area contributed by atoms with Gasteiger partial charge in [-0.05, 0) is 31.9 Å². The predicted octanol–water partition coefficient (Wildman–Crippen LogP) is 2.37. The Kier molecular flexibility index (Phi) is 4.82. The zero-order valence-electron chi connectivity index (χ0n) is 13.7. The van der Waals surface area contributed by atoms with E-state index in [9.17, 15) is 9.90 Å². The molecule has 0 spiro atoms. The number of nitrogens with zero attached hydrogens (tertiary/aromatic N) is 3. The zero-order valence-corrected chi connectivity index (χ0v) is 14.5. The van der Waals surface area contributed by atoms with Crippen molar-refractivity contribution in [2.75, 3.05) is 24.6 Å². The molecule has 124 valence electrons. The molecule has 0 unspecified atom stereocenters. The van der Waals surface area contributed by atoms with E-state index in [0.29, 0.717) is 18.9 Å². The zero-order chi connectivity index (χ0) is 16.4. The Morgan fingerprint density at radius 2 is 2.22 bits per heavy atom. The first-order valence-corrected chi connectivity index (χ1v) is 9.04. The Balaban J connectivity index is 2.02. The van der Waals surface area contributed by atoms with Gasteiger partial charge in [-0.25, -0.2) is 4.98 Å². The Labute approximate surface area is 140 Å². The summed E-state index contributed by atoms with van der Waals surface area (Å²) in [5.74, 6) is 0.759. The molecule has 0 radical (unpaired) electrons. The highest BCUT2D eigenvalue weighted by atomic mass is 32.1. The maximum absolute atomic E-state index is 12.6. The molecule has 1 aliphatic rings. The van der Waals surface area contributed by atoms with Crippen LogP contribution in [0, 0.1) is 5.92 Å². The number of rotatable bonds is 5. The number of aryl methyl sites for hydroxylation is 2. The first-order valence-electron chi connectivity index (χ1n) is 8.22. The minimum Gasteiger partial charge on any atom is -0.396 e. The van der Waals surface area contributed by atoms with Gasteiger partial charge < -0.3 is 14.6 Å². The van der Waals surface area contributed by atoms with Crippen LogP contribution in [0.15, 0.2) is 23.1 Å². The van der Waals surface area contributed by atoms with E-state index in [1.54, 1.807) is 15.9 Å². The van der Waals surface area contributed by atoms with Crippen molar-refractivity contribution in [2.24, 2.45) is 5.92 Å². The van der Waals surface area contributed by atoms with E-state index in [0.717, 1.165) is 30.0 Å². The fraction of sp³-hybridized carbons (Fsp3) is 0.529. The van der Waals surface area contributed by atoms with E-state index >= 15 is 0 Å². The summed E-state index contributed by atoms with van der Waals surface area (Å²) < 4.78 is 1.73. The van der Waals surface area contributed by atoms with E-state index in [4.69, 9.17) is 0 Å². The van der Waals surface area contributed by atoms with Gasteiger partial charge in [-0.3, -0.25) is 4.79 Å². The molecule has 3 rings (SSSR count). The van der Waals surface area contributed by atoms with Crippen molar-refractivity contribution in [1.82, 2.24) is 9.55 Å². The Hall–Kier alpha value is -1.66. The van der Waals surface area contributed by atoms with Crippen molar-refractivity contribution in [3.63, 3.8) is 0 Å². The molecule has 1 saturated heterocycles. The highest BCUT2D eigenvalue weighted by molar-refractivity contribution is 7.15. The van der Waals surface area contributed by atoms with Crippen LogP contribution in [0.4, 0.5) is 5.82 Å². The van der Waals surface area contributed by atoms with E-state index in [1.807, 2.05) is 18.0 Å². The highest BCUT2D eigenvalue weighted by Crippen LogP contribution is 2.28. The van der Waals surface area contributed by atoms with Crippen LogP contribution >= 0.6 is 11.3 Å². The number of aromatic nitrogens is 2. The summed E-state index contributed by atoms with van der Waals surface area (Å²) in [7, 11) is 0. The molecule has 2 aromatic heterocycles. The largest absolute Gasteiger partial charge is 0.396 e. The van der Waals surface area contributed by atoms with Crippen LogP contribution < -0.4 is 10.5 Å². The van der Waals surface area contributed by atoms with Gasteiger partial charge in [0.05, 0.1) is 10.6 Å². The number of hydrogen-bond acceptors (Lipinski definition) is 5. The van der Waals surface area contributed by atoms with Crippen molar-refractivity contribution in [3.05, 3.63) is 33.6 Å². The van der Waals surface area contributed by atoms with E-state index < -0.39 is 0 Å². The maximum Gasteiger partial charge on any atom is 0.293 e. The summed E-state index contributed by atoms with van der Waals surface area (Å²) in [6.07, 6.45) is 3.78. The molecule has 0 aliphatic carbocycles. The van der Waals surface area contributed by atoms with Gasteiger partial charge in [0, 0.05) is 43.2 Å². The highest BCUT2D eigenvalue weighted by Gasteiger charge is 2.26. The molecule has 1 atom stereocenters. The molecule has 1 fully saturated rings. The summed E-state index contributed by atoms with van der Waals surface area (Å²) in [4.78, 5) is 21.7. The van der Waals surface area contributed by atoms with Crippen LogP contribution in [0.2, 0.25) is 0 Å². The Bertz CT molecular complexity index is 738. The maximum atomic E-state index is 12.6. The second-order valence-corrected chi connectivity index (χ2v) is 7.11. The van der Waals surface area contributed by atoms with Gasteiger partial charge in [0.15, 0.2) is 5.82 Å². The quantitative estimate of drug-likeness (QED) is 0.913. The first kappa shape index (κ1) is 16.2. The second-order valence-electron chi connectivity index (χ2n) is 5.94. The number of hydrogen-bond donors (Lipinski definition) is 1. The van der Waals surface area contributed by atoms with E-state index in [2.05, 4.69) is 24.0 Å². The minimum atomic E-state index is -0.0397. The normalized spacial score (nSPS) is 17.9. The summed E-state index contributed by atoms with van der Waals surface area (Å²) in [5, 5.41) is 9.33. The predicted molar refractivity (Wildman–Crippen MR) is 94.3 cm³/mol. The van der Waals surface area contributed by atoms with Crippen LogP contribution in [0.25, 0.3) is 10.6 Å². The lowest BCUT2D eigenvalue weighted by Crippen LogP contribution is -2.32. The lowest BCUT2D eigenvalue weighted by atomic mass is 10.1. The van der Waals surface area contributed by atoms with Crippen molar-refractivity contribution in [3.8, 4) is 10.6 Å². The number of aliphatic hydroxyl groups excluding tert-OH is 1. The van der Waals surface area contributed by atoms with Gasteiger partial charge in [0.1, 0.15) is 0 Å². The molecule has 1 N–H and O–H groups in total. The number of aliphatic hydroxyl groups is 1. The van der Waals surface area contributed by atoms with Gasteiger partial charge >= 0.3 is 0 Å². The van der Waals surface area contributed by atoms with Crippen molar-refractivity contribution in [1.29, 1.82) is 0 Å². The van der Waals surface area contributed by atoms with Gasteiger partial charge in [-0.2, -0.15) is 0 Å². The Morgan fingerprint density at radius 3 is 2.83 bits per heavy atom. The third-order valence-corrected chi connectivity index (χ3v) is 5.66. The summed E-state index contributed by atoms with van der Waals surface area (Å²) in [6, 6.07) is 4.21. The van der Waals surface area contributed by atoms with Gasteiger partial charge in [-0.15, -0.1) is 11.3 Å². The van der Waals surface area contributed by atoms with Gasteiger partial charge in [0.2, 0.25) is 0 Å². The molecule has 6 heteroatoms. The lowest BCUT2D eigenvalue weighted by molar-refractivity contribution is 0.238. The third-order valence-electron chi connectivity index (χ3n) is 4.40. The molecule has 0 saturated carbocycles. The average molecular weight is 333 g/mol. The second kappa shape index (κ2) is 6.84. The molecular formula is C17H23N3O2S.